The third kappa shape index (κ3) is 3.58. The van der Waals surface area contributed by atoms with Crippen molar-refractivity contribution in [1.82, 2.24) is 9.88 Å². The lowest BCUT2D eigenvalue weighted by Gasteiger charge is -2.07. The van der Waals surface area contributed by atoms with E-state index >= 15 is 0 Å². The van der Waals surface area contributed by atoms with Crippen LogP contribution in [-0.2, 0) is 6.54 Å². The van der Waals surface area contributed by atoms with E-state index in [9.17, 15) is 0 Å². The zero-order valence-corrected chi connectivity index (χ0v) is 7.96. The molecule has 1 N–H and O–H groups in total. The Bertz CT molecular complexity index is 195. The van der Waals surface area contributed by atoms with E-state index in [1.807, 2.05) is 0 Å². The van der Waals surface area contributed by atoms with Gasteiger partial charge in [0.05, 0.1) is 0 Å². The molecule has 0 unspecified atom stereocenters. The second-order valence-corrected chi connectivity index (χ2v) is 3.38. The molecule has 1 aromatic rings. The summed E-state index contributed by atoms with van der Waals surface area (Å²) in [5.41, 5.74) is 0. The average molecular weight is 168 g/mol. The van der Waals surface area contributed by atoms with Crippen LogP contribution >= 0.6 is 0 Å². The predicted octanol–water partition coefficient (Wildman–Crippen LogP) is 2.12. The minimum atomic E-state index is 0. The Morgan fingerprint density at radius 3 is 2.58 bits per heavy atom. The van der Waals surface area contributed by atoms with Gasteiger partial charge >= 0.3 is 0 Å². The number of aryl methyl sites for hydroxylation is 1. The molecule has 1 heterocycles. The lowest BCUT2D eigenvalue weighted by molar-refractivity contribution is 0.536. The molecule has 12 heavy (non-hydrogen) atoms. The maximum Gasteiger partial charge on any atom is 0.0231 e. The summed E-state index contributed by atoms with van der Waals surface area (Å²) < 4.78 is 2.21. The maximum atomic E-state index is 3.39. The van der Waals surface area contributed by atoms with Crippen LogP contribution in [0, 0.1) is 0 Å². The monoisotopic (exact) mass is 168 g/mol. The standard InChI is InChI=1S/C10H18N2.H2/c1-10(2)11-6-5-9-12-7-3-4-8-12;/h3-4,7-8,10-11H,5-6,9H2,1-2H3;1H. The van der Waals surface area contributed by atoms with Crippen LogP contribution in [-0.4, -0.2) is 17.2 Å². The maximum absolute atomic E-state index is 3.39. The van der Waals surface area contributed by atoms with Crippen molar-refractivity contribution in [3.05, 3.63) is 24.5 Å². The van der Waals surface area contributed by atoms with Gasteiger partial charge in [-0.15, -0.1) is 0 Å². The molecule has 1 aromatic heterocycles. The number of aromatic nitrogens is 1. The van der Waals surface area contributed by atoms with E-state index in [-0.39, 0.29) is 1.43 Å². The molecular formula is C10H20N2. The van der Waals surface area contributed by atoms with E-state index < -0.39 is 0 Å². The van der Waals surface area contributed by atoms with E-state index in [0.29, 0.717) is 6.04 Å². The minimum absolute atomic E-state index is 0. The van der Waals surface area contributed by atoms with Crippen LogP contribution in [0.2, 0.25) is 0 Å². The van der Waals surface area contributed by atoms with Gasteiger partial charge in [0, 0.05) is 26.4 Å². The number of hydrogen-bond acceptors (Lipinski definition) is 1. The van der Waals surface area contributed by atoms with Gasteiger partial charge in [-0.3, -0.25) is 0 Å². The average Bonchev–Trinajstić information content (AvgIpc) is 2.49. The lowest BCUT2D eigenvalue weighted by Crippen LogP contribution is -2.24. The van der Waals surface area contributed by atoms with Gasteiger partial charge in [0.15, 0.2) is 0 Å². The van der Waals surface area contributed by atoms with Gasteiger partial charge in [0.25, 0.3) is 0 Å². The van der Waals surface area contributed by atoms with Gasteiger partial charge in [-0.1, -0.05) is 13.8 Å². The summed E-state index contributed by atoms with van der Waals surface area (Å²) >= 11 is 0. The fraction of sp³-hybridized carbons (Fsp3) is 0.600. The van der Waals surface area contributed by atoms with Gasteiger partial charge in [-0.2, -0.15) is 0 Å². The summed E-state index contributed by atoms with van der Waals surface area (Å²) in [4.78, 5) is 0. The molecule has 0 saturated carbocycles. The van der Waals surface area contributed by atoms with Crippen molar-refractivity contribution in [1.29, 1.82) is 0 Å². The topological polar surface area (TPSA) is 17.0 Å². The third-order valence-corrected chi connectivity index (χ3v) is 1.81. The minimum Gasteiger partial charge on any atom is -0.354 e. The lowest BCUT2D eigenvalue weighted by atomic mass is 10.3. The molecule has 1 rings (SSSR count). The van der Waals surface area contributed by atoms with Crippen molar-refractivity contribution in [2.24, 2.45) is 0 Å². The van der Waals surface area contributed by atoms with Crippen LogP contribution in [0.5, 0.6) is 0 Å². The van der Waals surface area contributed by atoms with Crippen LogP contribution in [0.3, 0.4) is 0 Å². The fourth-order valence-corrected chi connectivity index (χ4v) is 1.17. The SMILES string of the molecule is CC(C)NCCCn1cccc1.[HH]. The molecule has 0 radical (unpaired) electrons. The Kier molecular flexibility index (Phi) is 3.88. The predicted molar refractivity (Wildman–Crippen MR) is 54.3 cm³/mol. The molecule has 0 amide bonds. The van der Waals surface area contributed by atoms with E-state index in [1.54, 1.807) is 0 Å². The summed E-state index contributed by atoms with van der Waals surface area (Å²) in [6.07, 6.45) is 5.41. The Balaban J connectivity index is 0.00000144. The zero-order chi connectivity index (χ0) is 8.81. The van der Waals surface area contributed by atoms with Crippen molar-refractivity contribution in [3.8, 4) is 0 Å². The van der Waals surface area contributed by atoms with E-state index in [4.69, 9.17) is 0 Å². The molecule has 0 atom stereocenters. The van der Waals surface area contributed by atoms with Crippen LogP contribution in [0.15, 0.2) is 24.5 Å². The molecular weight excluding hydrogens is 148 g/mol. The van der Waals surface area contributed by atoms with Gasteiger partial charge in [0.1, 0.15) is 0 Å². The Morgan fingerprint density at radius 1 is 1.33 bits per heavy atom. The van der Waals surface area contributed by atoms with Crippen molar-refractivity contribution in [2.75, 3.05) is 6.54 Å². The van der Waals surface area contributed by atoms with Crippen molar-refractivity contribution in [3.63, 3.8) is 0 Å². The second-order valence-electron chi connectivity index (χ2n) is 3.38. The van der Waals surface area contributed by atoms with Gasteiger partial charge in [-0.05, 0) is 25.1 Å². The number of hydrogen-bond donors (Lipinski definition) is 1. The van der Waals surface area contributed by atoms with Crippen molar-refractivity contribution in [2.45, 2.75) is 32.9 Å². The van der Waals surface area contributed by atoms with Gasteiger partial charge < -0.3 is 9.88 Å². The number of nitrogens with one attached hydrogen (secondary N) is 1. The van der Waals surface area contributed by atoms with Crippen molar-refractivity contribution >= 4 is 0 Å². The summed E-state index contributed by atoms with van der Waals surface area (Å²) in [7, 11) is 0. The molecule has 0 aliphatic carbocycles. The number of nitrogens with zero attached hydrogens (tertiary/aromatic N) is 1. The third-order valence-electron chi connectivity index (χ3n) is 1.81. The van der Waals surface area contributed by atoms with Gasteiger partial charge in [0.2, 0.25) is 0 Å². The first-order valence-electron chi connectivity index (χ1n) is 4.63. The Labute approximate surface area is 76.1 Å². The van der Waals surface area contributed by atoms with E-state index in [1.165, 1.54) is 6.42 Å². The molecule has 2 heteroatoms. The molecule has 0 fully saturated rings. The summed E-state index contributed by atoms with van der Waals surface area (Å²) in [5.74, 6) is 0. The quantitative estimate of drug-likeness (QED) is 0.666. The highest BCUT2D eigenvalue weighted by atomic mass is 14.9. The first-order chi connectivity index (χ1) is 5.79. The highest BCUT2D eigenvalue weighted by Crippen LogP contribution is 1.92. The Hall–Kier alpha value is -0.760. The molecule has 0 aromatic carbocycles. The second kappa shape index (κ2) is 4.99. The molecule has 0 saturated heterocycles. The van der Waals surface area contributed by atoms with Crippen LogP contribution in [0.1, 0.15) is 21.7 Å². The first kappa shape index (κ1) is 9.33. The van der Waals surface area contributed by atoms with E-state index in [0.717, 1.165) is 13.1 Å². The van der Waals surface area contributed by atoms with E-state index in [2.05, 4.69) is 48.3 Å². The number of rotatable bonds is 5. The zero-order valence-electron chi connectivity index (χ0n) is 7.96. The molecule has 0 aliphatic heterocycles. The molecule has 70 valence electrons. The highest BCUT2D eigenvalue weighted by molar-refractivity contribution is 4.89. The highest BCUT2D eigenvalue weighted by Gasteiger charge is 1.91. The fourth-order valence-electron chi connectivity index (χ4n) is 1.17. The summed E-state index contributed by atoms with van der Waals surface area (Å²) in [6.45, 7) is 6.58. The summed E-state index contributed by atoms with van der Waals surface area (Å²) in [6, 6.07) is 4.74. The van der Waals surface area contributed by atoms with Gasteiger partial charge in [-0.25, -0.2) is 0 Å². The first-order valence-corrected chi connectivity index (χ1v) is 4.63. The molecule has 0 spiro atoms. The molecule has 0 aliphatic rings. The van der Waals surface area contributed by atoms with Crippen LogP contribution in [0.4, 0.5) is 0 Å². The smallest absolute Gasteiger partial charge is 0.0231 e. The molecule has 2 nitrogen and oxygen atoms in total. The van der Waals surface area contributed by atoms with Crippen LogP contribution in [0.25, 0.3) is 0 Å². The summed E-state index contributed by atoms with van der Waals surface area (Å²) in [5, 5.41) is 3.39. The largest absolute Gasteiger partial charge is 0.354 e. The van der Waals surface area contributed by atoms with Crippen LogP contribution < -0.4 is 5.32 Å². The Morgan fingerprint density at radius 2 is 2.00 bits per heavy atom. The van der Waals surface area contributed by atoms with Crippen molar-refractivity contribution < 1.29 is 1.43 Å². The molecule has 0 bridgehead atoms. The normalized spacial score (nSPS) is 10.9.